The normalized spacial score (nSPS) is 10.7. The Bertz CT molecular complexity index is 1260. The molecular formula is C25H23N5O3S. The van der Waals surface area contributed by atoms with Crippen LogP contribution in [0.2, 0.25) is 0 Å². The molecule has 0 atom stereocenters. The Morgan fingerprint density at radius 3 is 2.32 bits per heavy atom. The standard InChI is InChI=1S/C25H23N5O3S/c31-24(26-21-13-7-8-14-22(21)30(32)33)17-18-34-25-28-27-23(16-15-19-9-3-1-4-10-19)29(25)20-11-5-2-6-12-20/h1-14H,15-18H2,(H,26,31). The number of para-hydroxylation sites is 3. The molecular weight excluding hydrogens is 450 g/mol. The lowest BCUT2D eigenvalue weighted by Crippen LogP contribution is -2.13. The molecule has 0 aliphatic heterocycles. The van der Waals surface area contributed by atoms with E-state index in [1.54, 1.807) is 12.1 Å². The molecule has 1 amide bonds. The summed E-state index contributed by atoms with van der Waals surface area (Å²) in [6.45, 7) is 0. The Kier molecular flexibility index (Phi) is 7.67. The van der Waals surface area contributed by atoms with Gasteiger partial charge in [0.25, 0.3) is 5.69 Å². The Labute approximate surface area is 201 Å². The monoisotopic (exact) mass is 473 g/mol. The van der Waals surface area contributed by atoms with E-state index in [4.69, 9.17) is 0 Å². The van der Waals surface area contributed by atoms with E-state index in [0.717, 1.165) is 24.4 Å². The first-order valence-electron chi connectivity index (χ1n) is 10.8. The van der Waals surface area contributed by atoms with Crippen LogP contribution in [0.15, 0.2) is 90.1 Å². The summed E-state index contributed by atoms with van der Waals surface area (Å²) in [4.78, 5) is 23.0. The smallest absolute Gasteiger partial charge is 0.292 e. The SMILES string of the molecule is O=C(CCSc1nnc(CCc2ccccc2)n1-c1ccccc1)Nc1ccccc1[N+](=O)[O-]. The first-order chi connectivity index (χ1) is 16.6. The quantitative estimate of drug-likeness (QED) is 0.196. The molecule has 0 bridgehead atoms. The summed E-state index contributed by atoms with van der Waals surface area (Å²) in [6, 6.07) is 26.2. The minimum atomic E-state index is -0.510. The van der Waals surface area contributed by atoms with Crippen LogP contribution in [0.5, 0.6) is 0 Å². The Hall–Kier alpha value is -3.98. The largest absolute Gasteiger partial charge is 0.320 e. The van der Waals surface area contributed by atoms with Gasteiger partial charge < -0.3 is 5.32 Å². The lowest BCUT2D eigenvalue weighted by molar-refractivity contribution is -0.383. The van der Waals surface area contributed by atoms with Crippen molar-refractivity contribution in [1.29, 1.82) is 0 Å². The molecule has 0 unspecified atom stereocenters. The second-order valence-electron chi connectivity index (χ2n) is 7.48. The van der Waals surface area contributed by atoms with Gasteiger partial charge in [-0.25, -0.2) is 0 Å². The third kappa shape index (κ3) is 5.87. The highest BCUT2D eigenvalue weighted by Gasteiger charge is 2.17. The van der Waals surface area contributed by atoms with Crippen LogP contribution in [-0.2, 0) is 17.6 Å². The van der Waals surface area contributed by atoms with E-state index in [-0.39, 0.29) is 23.7 Å². The molecule has 0 radical (unpaired) electrons. The van der Waals surface area contributed by atoms with Crippen LogP contribution in [0.25, 0.3) is 5.69 Å². The minimum absolute atomic E-state index is 0.129. The molecule has 4 aromatic rings. The second kappa shape index (κ2) is 11.2. The number of carbonyl (C=O) groups excluding carboxylic acids is 1. The number of thioether (sulfide) groups is 1. The topological polar surface area (TPSA) is 103 Å². The van der Waals surface area contributed by atoms with Crippen LogP contribution in [0, 0.1) is 10.1 Å². The maximum Gasteiger partial charge on any atom is 0.292 e. The predicted octanol–water partition coefficient (Wildman–Crippen LogP) is 5.08. The molecule has 4 rings (SSSR count). The highest BCUT2D eigenvalue weighted by atomic mass is 32.2. The number of carbonyl (C=O) groups is 1. The first-order valence-corrected chi connectivity index (χ1v) is 11.8. The molecule has 172 valence electrons. The molecule has 1 aromatic heterocycles. The van der Waals surface area contributed by atoms with E-state index >= 15 is 0 Å². The maximum absolute atomic E-state index is 12.4. The fraction of sp³-hybridized carbons (Fsp3) is 0.160. The fourth-order valence-corrected chi connectivity index (χ4v) is 4.39. The summed E-state index contributed by atoms with van der Waals surface area (Å²) in [7, 11) is 0. The second-order valence-corrected chi connectivity index (χ2v) is 8.54. The summed E-state index contributed by atoms with van der Waals surface area (Å²) in [6.07, 6.45) is 1.75. The number of benzene rings is 3. The van der Waals surface area contributed by atoms with Crippen LogP contribution >= 0.6 is 11.8 Å². The molecule has 1 heterocycles. The van der Waals surface area contributed by atoms with Gasteiger partial charge in [0.1, 0.15) is 11.5 Å². The molecule has 0 saturated carbocycles. The van der Waals surface area contributed by atoms with E-state index in [1.165, 1.54) is 29.5 Å². The lowest BCUT2D eigenvalue weighted by Gasteiger charge is -2.10. The van der Waals surface area contributed by atoms with Gasteiger partial charge in [-0.2, -0.15) is 0 Å². The van der Waals surface area contributed by atoms with Gasteiger partial charge in [0.05, 0.1) is 4.92 Å². The van der Waals surface area contributed by atoms with Crippen LogP contribution < -0.4 is 5.32 Å². The van der Waals surface area contributed by atoms with E-state index < -0.39 is 4.92 Å². The van der Waals surface area contributed by atoms with Gasteiger partial charge in [-0.05, 0) is 30.2 Å². The number of nitrogens with one attached hydrogen (secondary N) is 1. The van der Waals surface area contributed by atoms with Crippen molar-refractivity contribution in [3.05, 3.63) is 106 Å². The van der Waals surface area contributed by atoms with Crippen molar-refractivity contribution >= 4 is 29.0 Å². The number of aryl methyl sites for hydroxylation is 2. The zero-order valence-corrected chi connectivity index (χ0v) is 19.1. The van der Waals surface area contributed by atoms with Crippen molar-refractivity contribution in [3.8, 4) is 5.69 Å². The Morgan fingerprint density at radius 2 is 1.59 bits per heavy atom. The van der Waals surface area contributed by atoms with Crippen molar-refractivity contribution in [1.82, 2.24) is 14.8 Å². The van der Waals surface area contributed by atoms with Gasteiger partial charge >= 0.3 is 0 Å². The third-order valence-corrected chi connectivity index (χ3v) is 6.06. The molecule has 3 aromatic carbocycles. The number of hydrogen-bond donors (Lipinski definition) is 1. The van der Waals surface area contributed by atoms with Crippen LogP contribution in [0.1, 0.15) is 17.8 Å². The highest BCUT2D eigenvalue weighted by molar-refractivity contribution is 7.99. The molecule has 34 heavy (non-hydrogen) atoms. The summed E-state index contributed by atoms with van der Waals surface area (Å²) in [5.41, 5.74) is 2.25. The Morgan fingerprint density at radius 1 is 0.912 bits per heavy atom. The van der Waals surface area contributed by atoms with Crippen molar-refractivity contribution in [2.24, 2.45) is 0 Å². The van der Waals surface area contributed by atoms with Crippen molar-refractivity contribution < 1.29 is 9.72 Å². The number of anilines is 1. The van der Waals surface area contributed by atoms with E-state index in [0.29, 0.717) is 10.9 Å². The third-order valence-electron chi connectivity index (χ3n) is 5.13. The first kappa shape index (κ1) is 23.2. The maximum atomic E-state index is 12.4. The molecule has 0 spiro atoms. The van der Waals surface area contributed by atoms with Gasteiger partial charge in [-0.1, -0.05) is 72.4 Å². The zero-order valence-electron chi connectivity index (χ0n) is 18.3. The molecule has 1 N–H and O–H groups in total. The van der Waals surface area contributed by atoms with Gasteiger partial charge in [-0.3, -0.25) is 19.5 Å². The van der Waals surface area contributed by atoms with Crippen LogP contribution in [0.4, 0.5) is 11.4 Å². The number of aromatic nitrogens is 3. The number of nitro groups is 1. The van der Waals surface area contributed by atoms with Crippen LogP contribution in [-0.4, -0.2) is 31.3 Å². The molecule has 0 saturated heterocycles. The molecule has 0 aliphatic rings. The molecule has 0 aliphatic carbocycles. The van der Waals surface area contributed by atoms with Gasteiger partial charge in [0, 0.05) is 30.3 Å². The summed E-state index contributed by atoms with van der Waals surface area (Å²) >= 11 is 1.43. The highest BCUT2D eigenvalue weighted by Crippen LogP contribution is 2.25. The molecule has 8 nitrogen and oxygen atoms in total. The van der Waals surface area contributed by atoms with Crippen molar-refractivity contribution in [3.63, 3.8) is 0 Å². The van der Waals surface area contributed by atoms with Gasteiger partial charge in [0.15, 0.2) is 5.16 Å². The molecule has 0 fully saturated rings. The fourth-order valence-electron chi connectivity index (χ4n) is 3.48. The van der Waals surface area contributed by atoms with Crippen molar-refractivity contribution in [2.75, 3.05) is 11.1 Å². The zero-order chi connectivity index (χ0) is 23.8. The average molecular weight is 474 g/mol. The Balaban J connectivity index is 1.43. The summed E-state index contributed by atoms with van der Waals surface area (Å²) < 4.78 is 2.02. The van der Waals surface area contributed by atoms with Gasteiger partial charge in [0.2, 0.25) is 5.91 Å². The minimum Gasteiger partial charge on any atom is -0.320 e. The summed E-state index contributed by atoms with van der Waals surface area (Å²) in [5.74, 6) is 1.01. The number of nitro benzene ring substituents is 1. The summed E-state index contributed by atoms with van der Waals surface area (Å²) in [5, 5.41) is 23.3. The number of hydrogen-bond acceptors (Lipinski definition) is 6. The lowest BCUT2D eigenvalue weighted by atomic mass is 10.1. The number of nitrogens with zero attached hydrogens (tertiary/aromatic N) is 4. The van der Waals surface area contributed by atoms with E-state index in [1.807, 2.05) is 53.1 Å². The van der Waals surface area contributed by atoms with Crippen LogP contribution in [0.3, 0.4) is 0 Å². The molecule has 9 heteroatoms. The predicted molar refractivity (Wildman–Crippen MR) is 132 cm³/mol. The van der Waals surface area contributed by atoms with E-state index in [2.05, 4.69) is 27.6 Å². The van der Waals surface area contributed by atoms with E-state index in [9.17, 15) is 14.9 Å². The number of rotatable bonds is 10. The number of amides is 1. The van der Waals surface area contributed by atoms with Gasteiger partial charge in [-0.15, -0.1) is 10.2 Å². The average Bonchev–Trinajstić information content (AvgIpc) is 3.27. The van der Waals surface area contributed by atoms with Crippen molar-refractivity contribution in [2.45, 2.75) is 24.4 Å².